The monoisotopic (exact) mass is 353 g/mol. The molecule has 23 heavy (non-hydrogen) atoms. The average Bonchev–Trinajstić information content (AvgIpc) is 3.10. The second-order valence-corrected chi connectivity index (χ2v) is 8.56. The molecule has 1 aromatic rings. The van der Waals surface area contributed by atoms with E-state index >= 15 is 0 Å². The highest BCUT2D eigenvalue weighted by molar-refractivity contribution is 8.23. The molecule has 0 aliphatic carbocycles. The van der Waals surface area contributed by atoms with E-state index in [1.165, 1.54) is 28.4 Å². The van der Waals surface area contributed by atoms with E-state index in [-0.39, 0.29) is 22.2 Å². The average molecular weight is 353 g/mol. The van der Waals surface area contributed by atoms with Gasteiger partial charge in [0.2, 0.25) is 5.91 Å². The van der Waals surface area contributed by atoms with E-state index in [4.69, 9.17) is 0 Å². The minimum absolute atomic E-state index is 0.0661. The predicted octanol–water partition coefficient (Wildman–Crippen LogP) is 0.707. The molecule has 0 saturated carbocycles. The number of aromatic nitrogens is 2. The van der Waals surface area contributed by atoms with Crippen molar-refractivity contribution in [2.24, 2.45) is 5.92 Å². The van der Waals surface area contributed by atoms with Crippen LogP contribution in [-0.4, -0.2) is 53.3 Å². The van der Waals surface area contributed by atoms with Crippen LogP contribution in [-0.2, 0) is 22.6 Å². The molecule has 4 heterocycles. The molecule has 1 unspecified atom stereocenters. The summed E-state index contributed by atoms with van der Waals surface area (Å²) in [4.78, 5) is 29.4. The molecule has 4 atom stereocenters. The molecule has 9 heteroatoms. The van der Waals surface area contributed by atoms with Crippen LogP contribution in [0.1, 0.15) is 12.7 Å². The Balaban J connectivity index is 1.55. The highest BCUT2D eigenvalue weighted by atomic mass is 32.2. The number of amides is 1. The van der Waals surface area contributed by atoms with Crippen molar-refractivity contribution < 1.29 is 19.8 Å². The number of rotatable bonds is 4. The Kier molecular flexibility index (Phi) is 3.47. The van der Waals surface area contributed by atoms with Crippen LogP contribution in [0.25, 0.3) is 0 Å². The summed E-state index contributed by atoms with van der Waals surface area (Å²) in [5.74, 6) is -0.906. The van der Waals surface area contributed by atoms with Gasteiger partial charge >= 0.3 is 5.97 Å². The quantitative estimate of drug-likeness (QED) is 0.770. The van der Waals surface area contributed by atoms with Crippen molar-refractivity contribution in [2.45, 2.75) is 36.6 Å². The molecule has 1 saturated heterocycles. The molecule has 0 radical (unpaired) electrons. The molecule has 3 aliphatic heterocycles. The Bertz CT molecular complexity index is 709. The number of aliphatic hydroxyl groups is 1. The van der Waals surface area contributed by atoms with Crippen LogP contribution in [0.15, 0.2) is 22.3 Å². The van der Waals surface area contributed by atoms with Gasteiger partial charge in [0.25, 0.3) is 0 Å². The highest BCUT2D eigenvalue weighted by Crippen LogP contribution is 2.55. The SMILES string of the molecule is C[C@@H](O)[C@@H]1C(=O)N2C(C(=O)O)=C(SC3Cc4nccn4C3)S[C@@H]12. The van der Waals surface area contributed by atoms with Gasteiger partial charge in [0.1, 0.15) is 11.2 Å². The summed E-state index contributed by atoms with van der Waals surface area (Å²) in [6.07, 6.45) is 3.70. The van der Waals surface area contributed by atoms with Gasteiger partial charge in [-0.05, 0) is 6.92 Å². The second-order valence-electron chi connectivity index (χ2n) is 5.86. The van der Waals surface area contributed by atoms with Gasteiger partial charge in [-0.2, -0.15) is 0 Å². The molecule has 4 rings (SSSR count). The lowest BCUT2D eigenvalue weighted by molar-refractivity contribution is -0.156. The molecule has 0 spiro atoms. The van der Waals surface area contributed by atoms with Gasteiger partial charge in [-0.25, -0.2) is 9.78 Å². The molecular formula is C14H15N3O4S2. The van der Waals surface area contributed by atoms with Gasteiger partial charge in [-0.15, -0.1) is 11.8 Å². The summed E-state index contributed by atoms with van der Waals surface area (Å²) in [7, 11) is 0. The zero-order valence-electron chi connectivity index (χ0n) is 12.2. The van der Waals surface area contributed by atoms with Crippen molar-refractivity contribution in [1.29, 1.82) is 0 Å². The van der Waals surface area contributed by atoms with E-state index in [9.17, 15) is 19.8 Å². The minimum Gasteiger partial charge on any atom is -0.477 e. The minimum atomic E-state index is -1.09. The summed E-state index contributed by atoms with van der Waals surface area (Å²) in [5.41, 5.74) is 0.0661. The Morgan fingerprint density at radius 1 is 1.57 bits per heavy atom. The van der Waals surface area contributed by atoms with Gasteiger partial charge in [-0.3, -0.25) is 9.69 Å². The van der Waals surface area contributed by atoms with Crippen molar-refractivity contribution >= 4 is 35.4 Å². The maximum atomic E-state index is 12.2. The Labute approximate surface area is 140 Å². The Morgan fingerprint density at radius 3 is 3.00 bits per heavy atom. The van der Waals surface area contributed by atoms with E-state index in [1.54, 1.807) is 13.1 Å². The molecule has 0 aromatic carbocycles. The number of β-lactam (4-membered cyclic amide) rings is 1. The molecule has 122 valence electrons. The molecule has 3 aliphatic rings. The van der Waals surface area contributed by atoms with Crippen LogP contribution >= 0.6 is 23.5 Å². The lowest BCUT2D eigenvalue weighted by Crippen LogP contribution is -2.60. The van der Waals surface area contributed by atoms with Crippen molar-refractivity contribution in [2.75, 3.05) is 0 Å². The Morgan fingerprint density at radius 2 is 2.35 bits per heavy atom. The van der Waals surface area contributed by atoms with Crippen molar-refractivity contribution in [1.82, 2.24) is 14.5 Å². The summed E-state index contributed by atoms with van der Waals surface area (Å²) >= 11 is 2.88. The fraction of sp³-hybridized carbons (Fsp3) is 0.500. The fourth-order valence-electron chi connectivity index (χ4n) is 3.25. The number of fused-ring (bicyclic) bond motifs is 2. The van der Waals surface area contributed by atoms with Crippen LogP contribution in [0.3, 0.4) is 0 Å². The number of carbonyl (C=O) groups excluding carboxylic acids is 1. The maximum absolute atomic E-state index is 12.2. The number of carboxylic acids is 1. The van der Waals surface area contributed by atoms with Gasteiger partial charge in [0.05, 0.1) is 16.3 Å². The van der Waals surface area contributed by atoms with E-state index in [0.717, 1.165) is 18.8 Å². The maximum Gasteiger partial charge on any atom is 0.354 e. The smallest absolute Gasteiger partial charge is 0.354 e. The van der Waals surface area contributed by atoms with Crippen molar-refractivity contribution in [3.63, 3.8) is 0 Å². The topological polar surface area (TPSA) is 95.7 Å². The number of carbonyl (C=O) groups is 2. The standard InChI is InChI=1S/C14H15N3O4S2/c1-6(18)9-11(19)17-10(13(20)21)14(23-12(9)17)22-7-4-8-15-2-3-16(8)5-7/h2-3,6-7,9,12,18H,4-5H2,1H3,(H,20,21)/t6-,7?,9-,12+/m1/s1. The van der Waals surface area contributed by atoms with E-state index in [2.05, 4.69) is 9.55 Å². The van der Waals surface area contributed by atoms with Gasteiger partial charge < -0.3 is 14.8 Å². The third-order valence-electron chi connectivity index (χ3n) is 4.35. The van der Waals surface area contributed by atoms with Crippen LogP contribution < -0.4 is 0 Å². The van der Waals surface area contributed by atoms with Gasteiger partial charge in [0.15, 0.2) is 5.70 Å². The number of thioether (sulfide) groups is 2. The third kappa shape index (κ3) is 2.21. The Hall–Kier alpha value is -1.45. The second kappa shape index (κ2) is 5.29. The van der Waals surface area contributed by atoms with Crippen LogP contribution in [0, 0.1) is 5.92 Å². The lowest BCUT2D eigenvalue weighted by Gasteiger charge is -2.43. The fourth-order valence-corrected chi connectivity index (χ4v) is 6.56. The van der Waals surface area contributed by atoms with E-state index in [1.807, 2.05) is 6.20 Å². The predicted molar refractivity (Wildman–Crippen MR) is 85.4 cm³/mol. The number of hydrogen-bond donors (Lipinski definition) is 2. The molecule has 1 aromatic heterocycles. The summed E-state index contributed by atoms with van der Waals surface area (Å²) in [5, 5.41) is 19.1. The zero-order chi connectivity index (χ0) is 16.3. The van der Waals surface area contributed by atoms with E-state index in [0.29, 0.717) is 4.24 Å². The van der Waals surface area contributed by atoms with Crippen LogP contribution in [0.2, 0.25) is 0 Å². The third-order valence-corrected chi connectivity index (χ3v) is 7.14. The first-order valence-electron chi connectivity index (χ1n) is 7.29. The summed E-state index contributed by atoms with van der Waals surface area (Å²) in [6.45, 7) is 2.36. The number of hydrogen-bond acceptors (Lipinski definition) is 6. The lowest BCUT2D eigenvalue weighted by atomic mass is 9.92. The largest absolute Gasteiger partial charge is 0.477 e. The molecule has 0 bridgehead atoms. The van der Waals surface area contributed by atoms with Gasteiger partial charge in [0, 0.05) is 30.6 Å². The number of aliphatic hydroxyl groups excluding tert-OH is 1. The van der Waals surface area contributed by atoms with Crippen molar-refractivity contribution in [3.05, 3.63) is 28.2 Å². The molecule has 1 fully saturated rings. The number of carboxylic acid groups (broad SMARTS) is 1. The van der Waals surface area contributed by atoms with Crippen molar-refractivity contribution in [3.8, 4) is 0 Å². The zero-order valence-corrected chi connectivity index (χ0v) is 13.9. The molecular weight excluding hydrogens is 338 g/mol. The molecule has 1 amide bonds. The first-order chi connectivity index (χ1) is 11.0. The van der Waals surface area contributed by atoms with E-state index < -0.39 is 18.0 Å². The first-order valence-corrected chi connectivity index (χ1v) is 9.05. The normalized spacial score (nSPS) is 30.3. The first kappa shape index (κ1) is 15.1. The van der Waals surface area contributed by atoms with Gasteiger partial charge in [-0.1, -0.05) is 11.8 Å². The highest BCUT2D eigenvalue weighted by Gasteiger charge is 2.58. The van der Waals surface area contributed by atoms with Crippen LogP contribution in [0.5, 0.6) is 0 Å². The molecule has 7 nitrogen and oxygen atoms in total. The number of aliphatic carboxylic acids is 1. The summed E-state index contributed by atoms with van der Waals surface area (Å²) in [6, 6.07) is 0. The number of imidazole rings is 1. The summed E-state index contributed by atoms with van der Waals surface area (Å²) < 4.78 is 2.73. The van der Waals surface area contributed by atoms with Crippen LogP contribution in [0.4, 0.5) is 0 Å². The number of nitrogens with zero attached hydrogens (tertiary/aromatic N) is 3. The molecule has 2 N–H and O–H groups in total.